The van der Waals surface area contributed by atoms with Crippen molar-refractivity contribution < 1.29 is 17.1 Å². The molecule has 0 aromatic heterocycles. The fraction of sp³-hybridized carbons (Fsp3) is 0. The minimum atomic E-state index is -0.170. The van der Waals surface area contributed by atoms with Gasteiger partial charge >= 0.3 is 108 Å². The van der Waals surface area contributed by atoms with Gasteiger partial charge in [-0.1, -0.05) is 0 Å². The van der Waals surface area contributed by atoms with Crippen LogP contribution in [-0.4, -0.2) is 51.4 Å². The van der Waals surface area contributed by atoms with Gasteiger partial charge in [-0.15, -0.1) is 0 Å². The summed E-state index contributed by atoms with van der Waals surface area (Å²) in [6, 6.07) is 0. The standard InChI is InChI=1S/2CHNS.Au.K.H/c2*2-1-3;;;/h2*3H;;;/q;;+2;;/p-2. The first-order valence-corrected chi connectivity index (χ1v) is 7.72. The Kier molecular flexibility index (Phi) is 18.8. The quantitative estimate of drug-likeness (QED) is 0.416. The van der Waals surface area contributed by atoms with E-state index in [1.165, 1.54) is 18.5 Å². The third-order valence-electron chi connectivity index (χ3n) is 0.105. The zero-order valence-electron chi connectivity index (χ0n) is 3.01. The number of hydrogen-bond acceptors (Lipinski definition) is 4. The average molecular weight is 353 g/mol. The van der Waals surface area contributed by atoms with Crippen molar-refractivity contribution in [3.8, 4) is 10.8 Å². The van der Waals surface area contributed by atoms with Crippen molar-refractivity contribution in [3.63, 3.8) is 0 Å². The van der Waals surface area contributed by atoms with Crippen LogP contribution in [0.25, 0.3) is 0 Å². The molecular formula is C2HAuKN2S2. The van der Waals surface area contributed by atoms with Gasteiger partial charge in [-0.3, -0.25) is 0 Å². The molecule has 8 heavy (non-hydrogen) atoms. The molecule has 2 nitrogen and oxygen atoms in total. The SMILES string of the molecule is N#C[S][Au][S]C#N.[KH]. The molecule has 0 amide bonds. The van der Waals surface area contributed by atoms with Gasteiger partial charge in [0.1, 0.15) is 0 Å². The van der Waals surface area contributed by atoms with Crippen LogP contribution in [0.5, 0.6) is 0 Å². The van der Waals surface area contributed by atoms with Crippen molar-refractivity contribution in [1.82, 2.24) is 0 Å². The Labute approximate surface area is 106 Å². The Morgan fingerprint density at radius 3 is 1.75 bits per heavy atom. The third-order valence-corrected chi connectivity index (χ3v) is 5.05. The molecular weight excluding hydrogens is 352 g/mol. The van der Waals surface area contributed by atoms with E-state index in [-0.39, 0.29) is 68.5 Å². The van der Waals surface area contributed by atoms with E-state index in [0.717, 1.165) is 0 Å². The first-order valence-electron chi connectivity index (χ1n) is 1.10. The Morgan fingerprint density at radius 2 is 1.50 bits per heavy atom. The first-order chi connectivity index (χ1) is 3.41. The number of thiocyanates is 2. The molecule has 0 aliphatic rings. The minimum absolute atomic E-state index is 0. The van der Waals surface area contributed by atoms with Gasteiger partial charge in [0.05, 0.1) is 0 Å². The van der Waals surface area contributed by atoms with Crippen LogP contribution < -0.4 is 0 Å². The number of nitriles is 2. The second kappa shape index (κ2) is 11.8. The second-order valence-electron chi connectivity index (χ2n) is 0.356. The zero-order chi connectivity index (χ0) is 5.54. The molecule has 0 unspecified atom stereocenters. The summed E-state index contributed by atoms with van der Waals surface area (Å²) in [5.41, 5.74) is 0. The van der Waals surface area contributed by atoms with Gasteiger partial charge in [0.25, 0.3) is 0 Å². The van der Waals surface area contributed by atoms with Crippen LogP contribution in [0.1, 0.15) is 0 Å². The molecule has 0 bridgehead atoms. The first kappa shape index (κ1) is 12.7. The van der Waals surface area contributed by atoms with E-state index in [1.807, 2.05) is 10.8 Å². The predicted molar refractivity (Wildman–Crippen MR) is 33.6 cm³/mol. The number of hydrogen-bond donors (Lipinski definition) is 0. The molecule has 0 spiro atoms. The molecule has 0 saturated heterocycles. The summed E-state index contributed by atoms with van der Waals surface area (Å²) >= 11 is -0.170. The van der Waals surface area contributed by atoms with Crippen molar-refractivity contribution in [2.75, 3.05) is 0 Å². The molecule has 0 aliphatic carbocycles. The summed E-state index contributed by atoms with van der Waals surface area (Å²) in [5.74, 6) is 0. The van der Waals surface area contributed by atoms with Gasteiger partial charge in [0.2, 0.25) is 0 Å². The van der Waals surface area contributed by atoms with Crippen molar-refractivity contribution in [2.45, 2.75) is 0 Å². The molecule has 0 heterocycles. The fourth-order valence-electron chi connectivity index (χ4n) is 0.0350. The fourth-order valence-corrected chi connectivity index (χ4v) is 2.58. The Morgan fingerprint density at radius 1 is 1.12 bits per heavy atom. The summed E-state index contributed by atoms with van der Waals surface area (Å²) < 4.78 is 0. The van der Waals surface area contributed by atoms with Crippen LogP contribution in [0.15, 0.2) is 0 Å². The van der Waals surface area contributed by atoms with Crippen LogP contribution in [0, 0.1) is 21.3 Å². The second-order valence-corrected chi connectivity index (χ2v) is 7.27. The molecule has 0 radical (unpaired) electrons. The third kappa shape index (κ3) is 10.9. The van der Waals surface area contributed by atoms with Gasteiger partial charge in [-0.25, -0.2) is 0 Å². The summed E-state index contributed by atoms with van der Waals surface area (Å²) in [6.45, 7) is 0. The maximum atomic E-state index is 7.91. The van der Waals surface area contributed by atoms with Crippen LogP contribution in [-0.2, 0) is 17.1 Å². The van der Waals surface area contributed by atoms with Crippen molar-refractivity contribution in [3.05, 3.63) is 0 Å². The molecule has 43 valence electrons. The summed E-state index contributed by atoms with van der Waals surface area (Å²) in [6.07, 6.45) is 0. The number of nitrogens with zero attached hydrogens (tertiary/aromatic N) is 2. The molecule has 0 rings (SSSR count). The molecule has 0 fully saturated rings. The average Bonchev–Trinajstić information content (AvgIpc) is 1.69. The number of rotatable bonds is 2. The van der Waals surface area contributed by atoms with Gasteiger partial charge in [-0.05, 0) is 0 Å². The molecule has 0 N–H and O–H groups in total. The monoisotopic (exact) mass is 353 g/mol. The predicted octanol–water partition coefficient (Wildman–Crippen LogP) is 0.679. The van der Waals surface area contributed by atoms with Crippen LogP contribution in [0.3, 0.4) is 0 Å². The van der Waals surface area contributed by atoms with Gasteiger partial charge < -0.3 is 0 Å². The molecule has 0 aromatic rings. The van der Waals surface area contributed by atoms with E-state index in [2.05, 4.69) is 0 Å². The van der Waals surface area contributed by atoms with Crippen molar-refractivity contribution >= 4 is 69.8 Å². The van der Waals surface area contributed by atoms with E-state index in [9.17, 15) is 0 Å². The Balaban J connectivity index is 0. The summed E-state index contributed by atoms with van der Waals surface area (Å²) in [7, 11) is 2.35. The van der Waals surface area contributed by atoms with E-state index in [1.54, 1.807) is 0 Å². The normalized spacial score (nSPS) is 6.25. The topological polar surface area (TPSA) is 47.6 Å². The van der Waals surface area contributed by atoms with Crippen LogP contribution in [0.4, 0.5) is 0 Å². The van der Waals surface area contributed by atoms with Gasteiger partial charge in [0, 0.05) is 0 Å². The van der Waals surface area contributed by atoms with E-state index in [0.29, 0.717) is 0 Å². The Hall–Kier alpha value is 2.06. The maximum absolute atomic E-state index is 7.91. The van der Waals surface area contributed by atoms with Crippen LogP contribution in [0.2, 0.25) is 0 Å². The zero-order valence-corrected chi connectivity index (χ0v) is 6.81. The van der Waals surface area contributed by atoms with Gasteiger partial charge in [0.15, 0.2) is 0 Å². The van der Waals surface area contributed by atoms with Crippen LogP contribution >= 0.6 is 18.5 Å². The molecule has 6 heteroatoms. The van der Waals surface area contributed by atoms with E-state index in [4.69, 9.17) is 10.5 Å². The summed E-state index contributed by atoms with van der Waals surface area (Å²) in [5, 5.41) is 19.6. The molecule has 0 saturated carbocycles. The van der Waals surface area contributed by atoms with Gasteiger partial charge in [-0.2, -0.15) is 0 Å². The van der Waals surface area contributed by atoms with E-state index < -0.39 is 0 Å². The summed E-state index contributed by atoms with van der Waals surface area (Å²) in [4.78, 5) is 0. The molecule has 0 aromatic carbocycles. The van der Waals surface area contributed by atoms with E-state index >= 15 is 0 Å². The van der Waals surface area contributed by atoms with Crippen molar-refractivity contribution in [1.29, 1.82) is 10.5 Å². The Bertz CT molecular complexity index is 102. The van der Waals surface area contributed by atoms with Crippen molar-refractivity contribution in [2.24, 2.45) is 0 Å². The molecule has 0 atom stereocenters. The molecule has 0 aliphatic heterocycles.